The first-order valence-electron chi connectivity index (χ1n) is 9.40. The van der Waals surface area contributed by atoms with Crippen LogP contribution in [-0.2, 0) is 4.79 Å². The second-order valence-corrected chi connectivity index (χ2v) is 6.81. The lowest BCUT2D eigenvalue weighted by Crippen LogP contribution is -2.20. The molecule has 0 saturated heterocycles. The predicted molar refractivity (Wildman–Crippen MR) is 113 cm³/mol. The van der Waals surface area contributed by atoms with Gasteiger partial charge in [-0.25, -0.2) is 0 Å². The Morgan fingerprint density at radius 1 is 1.03 bits per heavy atom. The first kappa shape index (κ1) is 19.4. The van der Waals surface area contributed by atoms with Crippen LogP contribution in [-0.4, -0.2) is 39.4 Å². The van der Waals surface area contributed by atoms with Crippen LogP contribution in [0.2, 0.25) is 0 Å². The molecule has 0 aliphatic heterocycles. The number of anilines is 1. The van der Waals surface area contributed by atoms with Gasteiger partial charge >= 0.3 is 0 Å². The minimum absolute atomic E-state index is 0.131. The lowest BCUT2D eigenvalue weighted by Gasteiger charge is -2.12. The number of carbonyl (C=O) groups is 1. The molecule has 8 heteroatoms. The molecule has 4 rings (SSSR count). The molecule has 0 atom stereocenters. The maximum Gasteiger partial charge on any atom is 0.262 e. The first-order valence-corrected chi connectivity index (χ1v) is 9.40. The number of hydrogen-bond acceptors (Lipinski definition) is 6. The highest BCUT2D eigenvalue weighted by Gasteiger charge is 2.10. The Bertz CT molecular complexity index is 1220. The molecule has 8 nitrogen and oxygen atoms in total. The van der Waals surface area contributed by atoms with E-state index in [0.29, 0.717) is 28.7 Å². The standard InChI is InChI=1S/C22H21N5O3/c1-14-7-9-19(20(11-14)29-3)30-13-22(28)23-17-6-4-5-16(12-17)18-8-10-21-25-24-15(2)27(21)26-18/h4-12H,13H2,1-3H3,(H,23,28). The van der Waals surface area contributed by atoms with Crippen LogP contribution >= 0.6 is 0 Å². The van der Waals surface area contributed by atoms with E-state index < -0.39 is 0 Å². The predicted octanol–water partition coefficient (Wildman–Crippen LogP) is 3.43. The molecule has 1 N–H and O–H groups in total. The van der Waals surface area contributed by atoms with Crippen molar-refractivity contribution in [3.05, 3.63) is 66.0 Å². The number of aryl methyl sites for hydroxylation is 2. The SMILES string of the molecule is COc1cc(C)ccc1OCC(=O)Nc1cccc(-c2ccc3nnc(C)n3n2)c1. The average Bonchev–Trinajstić information content (AvgIpc) is 3.13. The number of ether oxygens (including phenoxy) is 2. The van der Waals surface area contributed by atoms with Crippen LogP contribution in [0.25, 0.3) is 16.9 Å². The zero-order chi connectivity index (χ0) is 21.1. The number of carbonyl (C=O) groups excluding carboxylic acids is 1. The van der Waals surface area contributed by atoms with Crippen LogP contribution < -0.4 is 14.8 Å². The van der Waals surface area contributed by atoms with Crippen molar-refractivity contribution < 1.29 is 14.3 Å². The molecule has 152 valence electrons. The van der Waals surface area contributed by atoms with Gasteiger partial charge in [0.25, 0.3) is 5.91 Å². The van der Waals surface area contributed by atoms with Crippen LogP contribution in [0.5, 0.6) is 11.5 Å². The fourth-order valence-electron chi connectivity index (χ4n) is 3.04. The summed E-state index contributed by atoms with van der Waals surface area (Å²) in [7, 11) is 1.57. The van der Waals surface area contributed by atoms with Crippen molar-refractivity contribution in [2.75, 3.05) is 19.0 Å². The third-order valence-electron chi connectivity index (χ3n) is 4.54. The summed E-state index contributed by atoms with van der Waals surface area (Å²) < 4.78 is 12.6. The number of amides is 1. The van der Waals surface area contributed by atoms with Crippen molar-refractivity contribution in [2.24, 2.45) is 0 Å². The molecule has 0 spiro atoms. The van der Waals surface area contributed by atoms with Gasteiger partial charge in [0.1, 0.15) is 0 Å². The third kappa shape index (κ3) is 4.07. The highest BCUT2D eigenvalue weighted by molar-refractivity contribution is 5.92. The molecule has 0 unspecified atom stereocenters. The molecular weight excluding hydrogens is 382 g/mol. The lowest BCUT2D eigenvalue weighted by molar-refractivity contribution is -0.118. The Hall–Kier alpha value is -3.94. The number of methoxy groups -OCH3 is 1. The number of hydrogen-bond donors (Lipinski definition) is 1. The van der Waals surface area contributed by atoms with Crippen molar-refractivity contribution in [3.8, 4) is 22.8 Å². The second kappa shape index (κ2) is 8.20. The number of nitrogens with zero attached hydrogens (tertiary/aromatic N) is 4. The monoisotopic (exact) mass is 403 g/mol. The molecule has 0 saturated carbocycles. The normalized spacial score (nSPS) is 10.8. The first-order chi connectivity index (χ1) is 14.5. The van der Waals surface area contributed by atoms with Gasteiger partial charge < -0.3 is 14.8 Å². The van der Waals surface area contributed by atoms with E-state index in [1.54, 1.807) is 17.7 Å². The Balaban J connectivity index is 1.46. The van der Waals surface area contributed by atoms with Crippen molar-refractivity contribution in [1.29, 1.82) is 0 Å². The Morgan fingerprint density at radius 3 is 2.73 bits per heavy atom. The van der Waals surface area contributed by atoms with Gasteiger partial charge in [0.15, 0.2) is 29.6 Å². The molecule has 2 aromatic heterocycles. The van der Waals surface area contributed by atoms with Crippen molar-refractivity contribution in [2.45, 2.75) is 13.8 Å². The third-order valence-corrected chi connectivity index (χ3v) is 4.54. The van der Waals surface area contributed by atoms with Crippen LogP contribution in [0.4, 0.5) is 5.69 Å². The molecule has 0 radical (unpaired) electrons. The van der Waals surface area contributed by atoms with Gasteiger partial charge in [-0.2, -0.15) is 9.61 Å². The van der Waals surface area contributed by atoms with Gasteiger partial charge in [0.05, 0.1) is 12.8 Å². The smallest absolute Gasteiger partial charge is 0.262 e. The summed E-state index contributed by atoms with van der Waals surface area (Å²) in [5, 5.41) is 15.5. The number of rotatable bonds is 6. The van der Waals surface area contributed by atoms with Crippen molar-refractivity contribution in [1.82, 2.24) is 19.8 Å². The summed E-state index contributed by atoms with van der Waals surface area (Å²) in [5.41, 5.74) is 4.00. The number of aromatic nitrogens is 4. The van der Waals surface area contributed by atoms with E-state index in [4.69, 9.17) is 9.47 Å². The summed E-state index contributed by atoms with van der Waals surface area (Å²) >= 11 is 0. The minimum Gasteiger partial charge on any atom is -0.493 e. The van der Waals surface area contributed by atoms with E-state index in [9.17, 15) is 4.79 Å². The van der Waals surface area contributed by atoms with Gasteiger partial charge in [-0.3, -0.25) is 4.79 Å². The van der Waals surface area contributed by atoms with Crippen LogP contribution in [0, 0.1) is 13.8 Å². The van der Waals surface area contributed by atoms with Gasteiger partial charge in [0.2, 0.25) is 0 Å². The summed E-state index contributed by atoms with van der Waals surface area (Å²) in [6, 6.07) is 16.7. The fourth-order valence-corrected chi connectivity index (χ4v) is 3.04. The van der Waals surface area contributed by atoms with E-state index in [1.807, 2.05) is 62.4 Å². The maximum absolute atomic E-state index is 12.4. The van der Waals surface area contributed by atoms with Gasteiger partial charge in [-0.1, -0.05) is 18.2 Å². The molecule has 0 aliphatic rings. The van der Waals surface area contributed by atoms with Gasteiger partial charge in [-0.15, -0.1) is 10.2 Å². The van der Waals surface area contributed by atoms with E-state index in [2.05, 4.69) is 20.6 Å². The Morgan fingerprint density at radius 2 is 1.90 bits per heavy atom. The molecule has 2 aromatic carbocycles. The molecule has 0 fully saturated rings. The van der Waals surface area contributed by atoms with E-state index in [-0.39, 0.29) is 12.5 Å². The molecule has 1 amide bonds. The number of fused-ring (bicyclic) bond motifs is 1. The fraction of sp³-hybridized carbons (Fsp3) is 0.182. The van der Waals surface area contributed by atoms with Gasteiger partial charge in [0, 0.05) is 11.3 Å². The van der Waals surface area contributed by atoms with Gasteiger partial charge in [-0.05, 0) is 55.8 Å². The van der Waals surface area contributed by atoms with E-state index in [1.165, 1.54) is 0 Å². The quantitative estimate of drug-likeness (QED) is 0.530. The highest BCUT2D eigenvalue weighted by Crippen LogP contribution is 2.28. The number of benzene rings is 2. The second-order valence-electron chi connectivity index (χ2n) is 6.81. The molecule has 0 bridgehead atoms. The zero-order valence-electron chi connectivity index (χ0n) is 16.9. The van der Waals surface area contributed by atoms with Crippen LogP contribution in [0.1, 0.15) is 11.4 Å². The summed E-state index contributed by atoms with van der Waals surface area (Å²) in [4.78, 5) is 12.4. The molecular formula is C22H21N5O3. The van der Waals surface area contributed by atoms with Crippen LogP contribution in [0.3, 0.4) is 0 Å². The topological polar surface area (TPSA) is 90.6 Å². The zero-order valence-corrected chi connectivity index (χ0v) is 16.9. The van der Waals surface area contributed by atoms with Crippen molar-refractivity contribution in [3.63, 3.8) is 0 Å². The maximum atomic E-state index is 12.4. The van der Waals surface area contributed by atoms with Crippen molar-refractivity contribution >= 4 is 17.2 Å². The van der Waals surface area contributed by atoms with Crippen LogP contribution in [0.15, 0.2) is 54.6 Å². The van der Waals surface area contributed by atoms with E-state index in [0.717, 1.165) is 16.8 Å². The summed E-state index contributed by atoms with van der Waals surface area (Å²) in [5.74, 6) is 1.55. The average molecular weight is 403 g/mol. The molecule has 30 heavy (non-hydrogen) atoms. The summed E-state index contributed by atoms with van der Waals surface area (Å²) in [6.45, 7) is 3.67. The minimum atomic E-state index is -0.271. The molecule has 2 heterocycles. The molecule has 0 aliphatic carbocycles. The Labute approximate surface area is 173 Å². The highest BCUT2D eigenvalue weighted by atomic mass is 16.5. The van der Waals surface area contributed by atoms with E-state index >= 15 is 0 Å². The number of nitrogens with one attached hydrogen (secondary N) is 1. The largest absolute Gasteiger partial charge is 0.493 e. The Kier molecular flexibility index (Phi) is 5.30. The summed E-state index contributed by atoms with van der Waals surface area (Å²) in [6.07, 6.45) is 0. The lowest BCUT2D eigenvalue weighted by atomic mass is 10.1. The molecule has 4 aromatic rings.